The first-order valence-electron chi connectivity index (χ1n) is 31.2. The number of rotatable bonds is 57. The zero-order valence-corrected chi connectivity index (χ0v) is 47.5. The summed E-state index contributed by atoms with van der Waals surface area (Å²) in [4.78, 5) is 38.3. The third-order valence-corrected chi connectivity index (χ3v) is 14.5. The molecule has 0 radical (unpaired) electrons. The molecule has 410 valence electrons. The third-order valence-electron chi connectivity index (χ3n) is 14.5. The zero-order chi connectivity index (χ0) is 50.4. The van der Waals surface area contributed by atoms with Crippen molar-refractivity contribution in [1.29, 1.82) is 0 Å². The molecule has 0 rings (SSSR count). The largest absolute Gasteiger partial charge is 0.462 e. The van der Waals surface area contributed by atoms with Gasteiger partial charge in [-0.3, -0.25) is 14.4 Å². The van der Waals surface area contributed by atoms with Crippen LogP contribution in [0.4, 0.5) is 0 Å². The maximum absolute atomic E-state index is 12.9. The summed E-state index contributed by atoms with van der Waals surface area (Å²) in [6, 6.07) is 0. The second kappa shape index (κ2) is 55.7. The van der Waals surface area contributed by atoms with E-state index in [1.54, 1.807) is 0 Å². The molecular formula is C63H122O6. The van der Waals surface area contributed by atoms with E-state index in [1.165, 1.54) is 244 Å². The lowest BCUT2D eigenvalue weighted by Gasteiger charge is -2.18. The minimum absolute atomic E-state index is 0.0620. The second-order valence-corrected chi connectivity index (χ2v) is 22.6. The van der Waals surface area contributed by atoms with E-state index in [2.05, 4.69) is 34.6 Å². The molecule has 0 amide bonds. The van der Waals surface area contributed by atoms with Gasteiger partial charge >= 0.3 is 17.9 Å². The zero-order valence-electron chi connectivity index (χ0n) is 47.5. The van der Waals surface area contributed by atoms with Crippen molar-refractivity contribution in [1.82, 2.24) is 0 Å². The molecule has 1 atom stereocenters. The van der Waals surface area contributed by atoms with Gasteiger partial charge in [-0.1, -0.05) is 317 Å². The predicted octanol–water partition coefficient (Wildman–Crippen LogP) is 20.8. The van der Waals surface area contributed by atoms with Crippen LogP contribution in [-0.4, -0.2) is 37.2 Å². The van der Waals surface area contributed by atoms with Crippen molar-refractivity contribution in [2.45, 2.75) is 362 Å². The lowest BCUT2D eigenvalue weighted by atomic mass is 10.0. The SMILES string of the molecule is CCCCCCCCCCCCCCCCCCCC(=O)O[C@@H](COC(=O)CCCCCCCCCCCCCCCCCC(C)C)COC(=O)CCCCCCCCCCCCCCCC(C)C. The monoisotopic (exact) mass is 975 g/mol. The Balaban J connectivity index is 4.29. The van der Waals surface area contributed by atoms with Crippen molar-refractivity contribution in [3.63, 3.8) is 0 Å². The average Bonchev–Trinajstić information content (AvgIpc) is 3.32. The van der Waals surface area contributed by atoms with Gasteiger partial charge in [-0.2, -0.15) is 0 Å². The summed E-state index contributed by atoms with van der Waals surface area (Å²) < 4.78 is 16.9. The van der Waals surface area contributed by atoms with Gasteiger partial charge in [0.15, 0.2) is 6.10 Å². The molecule has 6 nitrogen and oxygen atoms in total. The summed E-state index contributed by atoms with van der Waals surface area (Å²) in [6.07, 6.45) is 61.0. The Hall–Kier alpha value is -1.59. The fourth-order valence-corrected chi connectivity index (χ4v) is 9.76. The topological polar surface area (TPSA) is 78.9 Å². The Bertz CT molecular complexity index is 1060. The van der Waals surface area contributed by atoms with Gasteiger partial charge < -0.3 is 14.2 Å². The number of unbranched alkanes of at least 4 members (excludes halogenated alkanes) is 42. The van der Waals surface area contributed by atoms with Crippen molar-refractivity contribution in [3.8, 4) is 0 Å². The van der Waals surface area contributed by atoms with Gasteiger partial charge in [-0.05, 0) is 31.1 Å². The van der Waals surface area contributed by atoms with E-state index in [-0.39, 0.29) is 31.1 Å². The molecule has 0 aromatic heterocycles. The van der Waals surface area contributed by atoms with Crippen LogP contribution in [-0.2, 0) is 28.6 Å². The van der Waals surface area contributed by atoms with Gasteiger partial charge in [0.05, 0.1) is 0 Å². The smallest absolute Gasteiger partial charge is 0.306 e. The van der Waals surface area contributed by atoms with Crippen molar-refractivity contribution < 1.29 is 28.6 Å². The van der Waals surface area contributed by atoms with Crippen LogP contribution < -0.4 is 0 Å². The molecule has 0 fully saturated rings. The van der Waals surface area contributed by atoms with E-state index < -0.39 is 6.10 Å². The van der Waals surface area contributed by atoms with E-state index in [4.69, 9.17) is 14.2 Å². The van der Waals surface area contributed by atoms with Crippen LogP contribution >= 0.6 is 0 Å². The van der Waals surface area contributed by atoms with Gasteiger partial charge in [-0.25, -0.2) is 0 Å². The van der Waals surface area contributed by atoms with Crippen LogP contribution in [0.15, 0.2) is 0 Å². The molecule has 0 spiro atoms. The van der Waals surface area contributed by atoms with E-state index in [1.807, 2.05) is 0 Å². The molecule has 0 saturated carbocycles. The summed E-state index contributed by atoms with van der Waals surface area (Å²) in [7, 11) is 0. The number of ether oxygens (including phenoxy) is 3. The van der Waals surface area contributed by atoms with Gasteiger partial charge in [-0.15, -0.1) is 0 Å². The molecule has 0 aliphatic carbocycles. The molecule has 0 aromatic carbocycles. The average molecular weight is 976 g/mol. The summed E-state index contributed by atoms with van der Waals surface area (Å²) in [5, 5.41) is 0. The third kappa shape index (κ3) is 57.2. The molecule has 6 heteroatoms. The predicted molar refractivity (Wildman–Crippen MR) is 298 cm³/mol. The Morgan fingerprint density at radius 1 is 0.275 bits per heavy atom. The molecular weight excluding hydrogens is 853 g/mol. The molecule has 0 N–H and O–H groups in total. The number of hydrogen-bond donors (Lipinski definition) is 0. The first-order chi connectivity index (χ1) is 33.7. The highest BCUT2D eigenvalue weighted by Crippen LogP contribution is 2.19. The molecule has 0 aliphatic heterocycles. The van der Waals surface area contributed by atoms with Gasteiger partial charge in [0.1, 0.15) is 13.2 Å². The highest BCUT2D eigenvalue weighted by Gasteiger charge is 2.19. The molecule has 0 heterocycles. The lowest BCUT2D eigenvalue weighted by Crippen LogP contribution is -2.30. The molecule has 0 unspecified atom stereocenters. The van der Waals surface area contributed by atoms with E-state index >= 15 is 0 Å². The summed E-state index contributed by atoms with van der Waals surface area (Å²) in [5.74, 6) is 0.856. The number of carbonyl (C=O) groups is 3. The summed E-state index contributed by atoms with van der Waals surface area (Å²) in [5.41, 5.74) is 0. The molecule has 69 heavy (non-hydrogen) atoms. The van der Waals surface area contributed by atoms with Gasteiger partial charge in [0.2, 0.25) is 0 Å². The maximum atomic E-state index is 12.9. The molecule has 0 aromatic rings. The van der Waals surface area contributed by atoms with Crippen LogP contribution in [0.3, 0.4) is 0 Å². The van der Waals surface area contributed by atoms with Crippen LogP contribution in [0, 0.1) is 11.8 Å². The fourth-order valence-electron chi connectivity index (χ4n) is 9.76. The highest BCUT2D eigenvalue weighted by atomic mass is 16.6. The summed E-state index contributed by atoms with van der Waals surface area (Å²) >= 11 is 0. The Kier molecular flexibility index (Phi) is 54.4. The number of hydrogen-bond acceptors (Lipinski definition) is 6. The normalized spacial score (nSPS) is 12.0. The molecule has 0 saturated heterocycles. The Morgan fingerprint density at radius 3 is 0.710 bits per heavy atom. The lowest BCUT2D eigenvalue weighted by molar-refractivity contribution is -0.167. The quantitative estimate of drug-likeness (QED) is 0.0343. The second-order valence-electron chi connectivity index (χ2n) is 22.6. The minimum atomic E-state index is -0.763. The van der Waals surface area contributed by atoms with Crippen molar-refractivity contribution >= 4 is 17.9 Å². The van der Waals surface area contributed by atoms with Crippen LogP contribution in [0.1, 0.15) is 356 Å². The molecule has 0 aliphatic rings. The summed E-state index contributed by atoms with van der Waals surface area (Å²) in [6.45, 7) is 11.4. The van der Waals surface area contributed by atoms with Gasteiger partial charge in [0.25, 0.3) is 0 Å². The standard InChI is InChI=1S/C63H122O6/c1-6-7-8-9-10-11-12-13-14-15-18-24-30-35-40-45-50-55-63(66)69-60(57-68-62(65)54-49-44-39-34-29-25-20-22-27-32-37-42-47-52-59(4)5)56-67-61(64)53-48-43-38-33-28-23-19-16-17-21-26-31-36-41-46-51-58(2)3/h58-60H,6-57H2,1-5H3/t60-/m0/s1. The van der Waals surface area contributed by atoms with Gasteiger partial charge in [0, 0.05) is 19.3 Å². The number of esters is 3. The fraction of sp³-hybridized carbons (Fsp3) is 0.952. The maximum Gasteiger partial charge on any atom is 0.306 e. The first-order valence-corrected chi connectivity index (χ1v) is 31.2. The van der Waals surface area contributed by atoms with Crippen LogP contribution in [0.5, 0.6) is 0 Å². The van der Waals surface area contributed by atoms with Crippen LogP contribution in [0.2, 0.25) is 0 Å². The van der Waals surface area contributed by atoms with Crippen LogP contribution in [0.25, 0.3) is 0 Å². The Labute approximate surface area is 431 Å². The van der Waals surface area contributed by atoms with Crippen molar-refractivity contribution in [2.24, 2.45) is 11.8 Å². The van der Waals surface area contributed by atoms with E-state index in [9.17, 15) is 14.4 Å². The van der Waals surface area contributed by atoms with E-state index in [0.29, 0.717) is 19.3 Å². The minimum Gasteiger partial charge on any atom is -0.462 e. The van der Waals surface area contributed by atoms with Crippen molar-refractivity contribution in [3.05, 3.63) is 0 Å². The molecule has 0 bridgehead atoms. The highest BCUT2D eigenvalue weighted by molar-refractivity contribution is 5.71. The number of carbonyl (C=O) groups excluding carboxylic acids is 3. The first kappa shape index (κ1) is 67.4. The van der Waals surface area contributed by atoms with E-state index in [0.717, 1.165) is 69.6 Å². The Morgan fingerprint density at radius 2 is 0.478 bits per heavy atom. The van der Waals surface area contributed by atoms with Crippen molar-refractivity contribution in [2.75, 3.05) is 13.2 Å².